The summed E-state index contributed by atoms with van der Waals surface area (Å²) in [6.07, 6.45) is -7.83. The minimum Gasteiger partial charge on any atom is 1.00 e. The van der Waals surface area contributed by atoms with Crippen LogP contribution in [0.15, 0.2) is 0 Å². The smallest absolute Gasteiger partial charge is 1.00 e. The Balaban J connectivity index is 0. The van der Waals surface area contributed by atoms with Crippen molar-refractivity contribution in [3.63, 3.8) is 0 Å². The summed E-state index contributed by atoms with van der Waals surface area (Å²) < 4.78 is 22.2. The Morgan fingerprint density at radius 3 is 2.35 bits per heavy atom. The Labute approximate surface area is 239 Å². The normalized spacial score (nSPS) is 27.5. The van der Waals surface area contributed by atoms with Crippen LogP contribution < -0.4 is 40.0 Å². The maximum absolute atomic E-state index is 12.6. The number of Topliss-reactive ketones (excluding diaryl/α,β-unsaturated/α-hetero) is 1. The van der Waals surface area contributed by atoms with Gasteiger partial charge in [0.2, 0.25) is 5.79 Å². The van der Waals surface area contributed by atoms with Crippen LogP contribution in [0.4, 0.5) is 4.39 Å². The predicted octanol–water partition coefficient (Wildman–Crippen LogP) is -3.92. The zero-order chi connectivity index (χ0) is 23.5. The van der Waals surface area contributed by atoms with Gasteiger partial charge in [-0.25, -0.2) is 4.39 Å². The number of carbonyl (C=O) groups excluding carboxylic acids is 2. The molecule has 6 atom stereocenters. The molecule has 1 rings (SSSR count). The maximum atomic E-state index is 12.6. The van der Waals surface area contributed by atoms with Crippen molar-refractivity contribution >= 4 is 71.7 Å². The van der Waals surface area contributed by atoms with Crippen molar-refractivity contribution in [3.8, 4) is 0 Å². The number of carboxylic acids is 1. The molecule has 5 unspecified atom stereocenters. The van der Waals surface area contributed by atoms with Crippen LogP contribution in [-0.4, -0.2) is 88.9 Å². The van der Waals surface area contributed by atoms with E-state index >= 15 is 0 Å². The van der Waals surface area contributed by atoms with Gasteiger partial charge >= 0.3 is 94.4 Å². The van der Waals surface area contributed by atoms with E-state index in [-0.39, 0.29) is 53.2 Å². The molecule has 1 heterocycles. The van der Waals surface area contributed by atoms with Gasteiger partial charge in [-0.1, -0.05) is 6.92 Å². The Hall–Kier alpha value is 2.56. The maximum Gasteiger partial charge on any atom is 1.00 e. The Morgan fingerprint density at radius 1 is 1.39 bits per heavy atom. The second-order valence-electron chi connectivity index (χ2n) is 6.27. The van der Waals surface area contributed by atoms with E-state index in [2.05, 4.69) is 70.0 Å². The molecule has 1 aliphatic heterocycles. The minimum absolute atomic E-state index is 0. The average Bonchev–Trinajstić information content (AvgIpc) is 2.66. The van der Waals surface area contributed by atoms with E-state index in [1.807, 2.05) is 0 Å². The fourth-order valence-corrected chi connectivity index (χ4v) is 2.87. The number of aliphatic carboxylic acids is 1. The number of hydrogen-bond donors (Lipinski definition) is 5. The van der Waals surface area contributed by atoms with Crippen molar-refractivity contribution in [3.05, 3.63) is 0 Å². The second kappa shape index (κ2) is 18.8. The number of ketones is 1. The molecule has 0 spiro atoms. The third-order valence-electron chi connectivity index (χ3n) is 4.27. The summed E-state index contributed by atoms with van der Waals surface area (Å²) in [4.78, 5) is 23.1. The van der Waals surface area contributed by atoms with Crippen LogP contribution in [0.5, 0.6) is 0 Å². The standard InChI is InChI=1S/C15H26FNO9.3HI.Na.V/c1-2-17-5-8(19)3-9-10(20)4-15(14(23)24,25-7-16)26-13(9)12(22)11(21)6-18;;;;;/h9-13,17-18,20-22H,2-7H2,1H3,(H,23,24);3*1H;;/q;;;;+1;+3/p-4/t9?,10?,11-,12?,13?,15?;;;;;/m1...../s1. The van der Waals surface area contributed by atoms with Gasteiger partial charge in [-0.05, 0) is 6.54 Å². The number of ether oxygens (including phenoxy) is 2. The predicted molar refractivity (Wildman–Crippen MR) is 123 cm³/mol. The third-order valence-corrected chi connectivity index (χ3v) is 4.27. The SMILES string of the molecule is CCNCC(=O)CC1C(O)CC(OCF)(C(=O)[O-])OC1C(O)[C@H](O)CO.[I][V]([I])[I].[Na+]. The van der Waals surface area contributed by atoms with Crippen LogP contribution in [0.1, 0.15) is 19.8 Å². The molecule has 0 aliphatic carbocycles. The van der Waals surface area contributed by atoms with Crippen molar-refractivity contribution in [2.75, 3.05) is 26.6 Å². The van der Waals surface area contributed by atoms with E-state index in [4.69, 9.17) is 9.84 Å². The molecular weight excluding hydrogens is 812 g/mol. The summed E-state index contributed by atoms with van der Waals surface area (Å²) in [5.41, 5.74) is 0. The van der Waals surface area contributed by atoms with Crippen molar-refractivity contribution in [2.24, 2.45) is 5.92 Å². The number of carbonyl (C=O) groups is 2. The molecule has 1 saturated heterocycles. The van der Waals surface area contributed by atoms with Crippen molar-refractivity contribution in [2.45, 2.75) is 50.0 Å². The first-order valence-electron chi connectivity index (χ1n) is 8.69. The summed E-state index contributed by atoms with van der Waals surface area (Å²) in [5, 5.41) is 53.3. The number of aliphatic hydroxyl groups excluding tert-OH is 4. The Kier molecular flexibility index (Phi) is 21.6. The molecule has 0 bridgehead atoms. The zero-order valence-corrected chi connectivity index (χ0v) is 26.8. The molecule has 10 nitrogen and oxygen atoms in total. The number of carboxylic acid groups (broad SMARTS) is 1. The van der Waals surface area contributed by atoms with E-state index in [9.17, 15) is 34.4 Å². The van der Waals surface area contributed by atoms with Gasteiger partial charge in [0, 0.05) is 18.8 Å². The topological polar surface area (TPSA) is 169 Å². The van der Waals surface area contributed by atoms with E-state index in [0.717, 1.165) is 0 Å². The minimum atomic E-state index is -2.70. The first-order valence-corrected chi connectivity index (χ1v) is 22.2. The van der Waals surface area contributed by atoms with E-state index in [1.54, 1.807) is 6.92 Å². The van der Waals surface area contributed by atoms with Crippen molar-refractivity contribution in [1.29, 1.82) is 0 Å². The molecule has 0 amide bonds. The molecule has 178 valence electrons. The van der Waals surface area contributed by atoms with Crippen molar-refractivity contribution in [1.82, 2.24) is 5.32 Å². The summed E-state index contributed by atoms with van der Waals surface area (Å²) in [6, 6.07) is 0. The fourth-order valence-electron chi connectivity index (χ4n) is 2.87. The Bertz CT molecular complexity index is 543. The molecule has 1 aliphatic rings. The molecule has 0 aromatic carbocycles. The molecule has 0 radical (unpaired) electrons. The van der Waals surface area contributed by atoms with Crippen LogP contribution in [0.25, 0.3) is 0 Å². The van der Waals surface area contributed by atoms with Gasteiger partial charge < -0.3 is 45.1 Å². The summed E-state index contributed by atoms with van der Waals surface area (Å²) in [6.45, 7) is -0.202. The van der Waals surface area contributed by atoms with E-state index < -0.39 is 62.0 Å². The number of alkyl halides is 1. The monoisotopic (exact) mass is 837 g/mol. The molecular formula is C15H25FI3NNaO9V. The van der Waals surface area contributed by atoms with E-state index in [0.29, 0.717) is 6.54 Å². The van der Waals surface area contributed by atoms with Crippen LogP contribution in [0, 0.1) is 5.92 Å². The van der Waals surface area contributed by atoms with Gasteiger partial charge in [-0.3, -0.25) is 4.79 Å². The van der Waals surface area contributed by atoms with Crippen LogP contribution >= 0.6 is 59.9 Å². The van der Waals surface area contributed by atoms with Crippen LogP contribution in [0.2, 0.25) is 0 Å². The third kappa shape index (κ3) is 12.9. The molecule has 0 aromatic rings. The quantitative estimate of drug-likeness (QED) is 0.103. The van der Waals surface area contributed by atoms with Gasteiger partial charge in [0.25, 0.3) is 0 Å². The van der Waals surface area contributed by atoms with Gasteiger partial charge in [-0.15, -0.1) is 0 Å². The number of rotatable bonds is 11. The molecule has 1 fully saturated rings. The summed E-state index contributed by atoms with van der Waals surface area (Å²) in [7, 11) is 0. The number of likely N-dealkylation sites (N-methyl/N-ethyl adjacent to an activating group) is 1. The molecule has 31 heavy (non-hydrogen) atoms. The number of aliphatic hydroxyl groups is 4. The largest absolute Gasteiger partial charge is 1.00 e. The molecule has 5 N–H and O–H groups in total. The summed E-state index contributed by atoms with van der Waals surface area (Å²) in [5.74, 6) is -6.16. The first-order chi connectivity index (χ1) is 13.9. The summed E-state index contributed by atoms with van der Waals surface area (Å²) >= 11 is 7.39. The van der Waals surface area contributed by atoms with E-state index in [1.165, 1.54) is 0 Å². The van der Waals surface area contributed by atoms with Crippen molar-refractivity contribution < 1.29 is 83.5 Å². The zero-order valence-electron chi connectivity index (χ0n) is 16.9. The molecule has 0 saturated carbocycles. The van der Waals surface area contributed by atoms with Gasteiger partial charge in [0.15, 0.2) is 6.86 Å². The number of halogens is 4. The van der Waals surface area contributed by atoms with Crippen LogP contribution in [-0.2, 0) is 24.0 Å². The number of nitrogens with one attached hydrogen (secondary N) is 1. The molecule has 0 aromatic heterocycles. The molecule has 16 heteroatoms. The van der Waals surface area contributed by atoms with Gasteiger partial charge in [0.05, 0.1) is 25.4 Å². The second-order valence-corrected chi connectivity index (χ2v) is 41.6. The van der Waals surface area contributed by atoms with Crippen LogP contribution in [0.3, 0.4) is 0 Å². The van der Waals surface area contributed by atoms with Gasteiger partial charge in [0.1, 0.15) is 24.0 Å². The van der Waals surface area contributed by atoms with Gasteiger partial charge in [-0.2, -0.15) is 0 Å². The average molecular weight is 837 g/mol. The Morgan fingerprint density at radius 2 is 1.94 bits per heavy atom. The number of hydrogen-bond acceptors (Lipinski definition) is 10. The fraction of sp³-hybridized carbons (Fsp3) is 0.867. The first kappa shape index (κ1) is 35.7.